The summed E-state index contributed by atoms with van der Waals surface area (Å²) >= 11 is 0. The lowest BCUT2D eigenvalue weighted by Crippen LogP contribution is -2.40. The molecule has 0 aromatic heterocycles. The molecule has 0 saturated carbocycles. The maximum absolute atomic E-state index is 4.32. The Hall–Kier alpha value is -0.300. The number of rotatable bonds is 5. The van der Waals surface area contributed by atoms with Crippen LogP contribution in [0.2, 0.25) is 0 Å². The van der Waals surface area contributed by atoms with Crippen molar-refractivity contribution in [1.82, 2.24) is 4.90 Å². The summed E-state index contributed by atoms with van der Waals surface area (Å²) in [4.78, 5) is 2.62. The van der Waals surface area contributed by atoms with E-state index in [2.05, 4.69) is 39.2 Å². The molecule has 1 nitrogen and oxygen atoms in total. The number of unbranched alkanes of at least 4 members (excludes halogenated alkanes) is 1. The maximum atomic E-state index is 4.32. The summed E-state index contributed by atoms with van der Waals surface area (Å²) in [5.41, 5.74) is 1.86. The molecule has 0 unspecified atom stereocenters. The number of hydrogen-bond acceptors (Lipinski definition) is 1. The van der Waals surface area contributed by atoms with Gasteiger partial charge >= 0.3 is 0 Å². The minimum absolute atomic E-state index is 0.400. The van der Waals surface area contributed by atoms with E-state index in [1.807, 2.05) is 13.8 Å². The monoisotopic (exact) mass is 253 g/mol. The smallest absolute Gasteiger partial charge is 0.00104 e. The van der Waals surface area contributed by atoms with E-state index >= 15 is 0 Å². The van der Waals surface area contributed by atoms with Gasteiger partial charge in [0.25, 0.3) is 0 Å². The maximum Gasteiger partial charge on any atom is -0.00104 e. The van der Waals surface area contributed by atoms with Crippen LogP contribution in [-0.4, -0.2) is 24.5 Å². The molecule has 0 aliphatic carbocycles. The van der Waals surface area contributed by atoms with Gasteiger partial charge in [0.1, 0.15) is 0 Å². The Kier molecular flexibility index (Phi) is 8.60. The van der Waals surface area contributed by atoms with Crippen LogP contribution in [0.15, 0.2) is 12.2 Å². The van der Waals surface area contributed by atoms with Gasteiger partial charge in [-0.25, -0.2) is 0 Å². The summed E-state index contributed by atoms with van der Waals surface area (Å²) < 4.78 is 0. The molecular weight excluding hydrogens is 218 g/mol. The minimum Gasteiger partial charge on any atom is -0.303 e. The van der Waals surface area contributed by atoms with E-state index in [9.17, 15) is 0 Å². The van der Waals surface area contributed by atoms with E-state index in [4.69, 9.17) is 0 Å². The highest BCUT2D eigenvalue weighted by molar-refractivity contribution is 5.12. The third kappa shape index (κ3) is 5.14. The molecule has 1 heteroatoms. The van der Waals surface area contributed by atoms with Crippen molar-refractivity contribution in [2.24, 2.45) is 11.3 Å². The second-order valence-corrected chi connectivity index (χ2v) is 5.94. The summed E-state index contributed by atoms with van der Waals surface area (Å²) in [6.45, 7) is 21.4. The first kappa shape index (κ1) is 17.7. The van der Waals surface area contributed by atoms with Gasteiger partial charge < -0.3 is 4.90 Å². The van der Waals surface area contributed by atoms with Crippen LogP contribution >= 0.6 is 0 Å². The van der Waals surface area contributed by atoms with Gasteiger partial charge in [-0.1, -0.05) is 60.1 Å². The molecule has 0 N–H and O–H groups in total. The third-order valence-corrected chi connectivity index (χ3v) is 4.26. The van der Waals surface area contributed by atoms with Crippen molar-refractivity contribution in [2.45, 2.75) is 67.2 Å². The van der Waals surface area contributed by atoms with Crippen LogP contribution in [0.5, 0.6) is 0 Å². The fraction of sp³-hybridized carbons (Fsp3) is 0.882. The topological polar surface area (TPSA) is 3.24 Å². The summed E-state index contributed by atoms with van der Waals surface area (Å²) in [6, 6.07) is 0. The highest BCUT2D eigenvalue weighted by Crippen LogP contribution is 2.40. The Morgan fingerprint density at radius 2 is 1.72 bits per heavy atom. The van der Waals surface area contributed by atoms with E-state index < -0.39 is 0 Å². The van der Waals surface area contributed by atoms with E-state index in [-0.39, 0.29) is 0 Å². The van der Waals surface area contributed by atoms with Gasteiger partial charge in [0.2, 0.25) is 0 Å². The second-order valence-electron chi connectivity index (χ2n) is 5.94. The first-order valence-corrected chi connectivity index (χ1v) is 7.91. The molecule has 1 rings (SSSR count). The van der Waals surface area contributed by atoms with Crippen LogP contribution in [0.1, 0.15) is 67.2 Å². The van der Waals surface area contributed by atoms with Gasteiger partial charge in [-0.15, -0.1) is 0 Å². The quantitative estimate of drug-likeness (QED) is 0.614. The van der Waals surface area contributed by atoms with Crippen LogP contribution in [0, 0.1) is 11.3 Å². The molecule has 0 bridgehead atoms. The van der Waals surface area contributed by atoms with E-state index in [1.165, 1.54) is 50.9 Å². The van der Waals surface area contributed by atoms with Crippen molar-refractivity contribution in [1.29, 1.82) is 0 Å². The minimum atomic E-state index is 0.400. The van der Waals surface area contributed by atoms with Gasteiger partial charge in [-0.2, -0.15) is 0 Å². The molecule has 1 aliphatic rings. The molecular formula is C17H35N. The standard InChI is InChI=1S/C15H29N.C2H6/c1-6-7-10-16-11-8-15(5,9-12-16)14(4)13(2)3;1-2/h13H,4,6-12H2,1-3,5H3;1-2H3. The van der Waals surface area contributed by atoms with Crippen molar-refractivity contribution >= 4 is 0 Å². The predicted molar refractivity (Wildman–Crippen MR) is 84.0 cm³/mol. The first-order valence-electron chi connectivity index (χ1n) is 7.91. The SMILES string of the molecule is C=C(C(C)C)C1(C)CCN(CCCC)CC1.CC. The zero-order chi connectivity index (χ0) is 14.2. The summed E-state index contributed by atoms with van der Waals surface area (Å²) in [5, 5.41) is 0. The molecule has 1 saturated heterocycles. The second kappa shape index (κ2) is 8.74. The fourth-order valence-electron chi connectivity index (χ4n) is 2.67. The van der Waals surface area contributed by atoms with Gasteiger partial charge in [0.15, 0.2) is 0 Å². The van der Waals surface area contributed by atoms with Crippen molar-refractivity contribution in [3.05, 3.63) is 12.2 Å². The normalized spacial score (nSPS) is 19.3. The van der Waals surface area contributed by atoms with Crippen LogP contribution < -0.4 is 0 Å². The van der Waals surface area contributed by atoms with Crippen molar-refractivity contribution < 1.29 is 0 Å². The Balaban J connectivity index is 0.00000137. The molecule has 0 aromatic rings. The highest BCUT2D eigenvalue weighted by atomic mass is 15.1. The molecule has 0 spiro atoms. The molecule has 0 atom stereocenters. The fourth-order valence-corrected chi connectivity index (χ4v) is 2.67. The third-order valence-electron chi connectivity index (χ3n) is 4.26. The first-order chi connectivity index (χ1) is 8.49. The lowest BCUT2D eigenvalue weighted by molar-refractivity contribution is 0.137. The Labute approximate surface area is 116 Å². The van der Waals surface area contributed by atoms with Crippen molar-refractivity contribution in [3.8, 4) is 0 Å². The van der Waals surface area contributed by atoms with Gasteiger partial charge in [-0.05, 0) is 50.2 Å². The number of nitrogens with zero attached hydrogens (tertiary/aromatic N) is 1. The summed E-state index contributed by atoms with van der Waals surface area (Å²) in [5.74, 6) is 0.632. The van der Waals surface area contributed by atoms with E-state index in [0.717, 1.165) is 0 Å². The van der Waals surface area contributed by atoms with Crippen LogP contribution in [0.25, 0.3) is 0 Å². The molecule has 108 valence electrons. The van der Waals surface area contributed by atoms with Crippen LogP contribution in [0.3, 0.4) is 0 Å². The average Bonchev–Trinajstić information content (AvgIpc) is 2.39. The molecule has 1 fully saturated rings. The molecule has 0 radical (unpaired) electrons. The van der Waals surface area contributed by atoms with E-state index in [0.29, 0.717) is 11.3 Å². The average molecular weight is 253 g/mol. The van der Waals surface area contributed by atoms with Crippen LogP contribution in [0.4, 0.5) is 0 Å². The Morgan fingerprint density at radius 1 is 1.22 bits per heavy atom. The predicted octanol–water partition coefficient (Wildman–Crippen LogP) is 5.13. The van der Waals surface area contributed by atoms with Gasteiger partial charge in [0, 0.05) is 0 Å². The highest BCUT2D eigenvalue weighted by Gasteiger charge is 2.33. The Morgan fingerprint density at radius 3 is 2.11 bits per heavy atom. The zero-order valence-electron chi connectivity index (χ0n) is 13.7. The Bertz CT molecular complexity index is 222. The van der Waals surface area contributed by atoms with Gasteiger partial charge in [0.05, 0.1) is 0 Å². The molecule has 0 amide bonds. The number of hydrogen-bond donors (Lipinski definition) is 0. The molecule has 18 heavy (non-hydrogen) atoms. The summed E-state index contributed by atoms with van der Waals surface area (Å²) in [6.07, 6.45) is 5.26. The van der Waals surface area contributed by atoms with Crippen molar-refractivity contribution in [2.75, 3.05) is 19.6 Å². The molecule has 0 aromatic carbocycles. The number of allylic oxidation sites excluding steroid dienone is 1. The lowest BCUT2D eigenvalue weighted by Gasteiger charge is -2.42. The molecule has 1 aliphatic heterocycles. The van der Waals surface area contributed by atoms with Gasteiger partial charge in [-0.3, -0.25) is 0 Å². The van der Waals surface area contributed by atoms with Crippen molar-refractivity contribution in [3.63, 3.8) is 0 Å². The number of likely N-dealkylation sites (tertiary alicyclic amines) is 1. The summed E-state index contributed by atoms with van der Waals surface area (Å²) in [7, 11) is 0. The lowest BCUT2D eigenvalue weighted by atomic mass is 9.71. The van der Waals surface area contributed by atoms with E-state index in [1.54, 1.807) is 0 Å². The molecule has 1 heterocycles. The zero-order valence-corrected chi connectivity index (χ0v) is 13.7. The van der Waals surface area contributed by atoms with Crippen LogP contribution in [-0.2, 0) is 0 Å². The number of piperidine rings is 1. The largest absolute Gasteiger partial charge is 0.303 e.